The van der Waals surface area contributed by atoms with Gasteiger partial charge in [-0.25, -0.2) is 0 Å². The number of rotatable bonds is 2. The third kappa shape index (κ3) is 2.93. The lowest BCUT2D eigenvalue weighted by Crippen LogP contribution is -2.12. The van der Waals surface area contributed by atoms with E-state index in [4.69, 9.17) is 9.47 Å². The van der Waals surface area contributed by atoms with Crippen LogP contribution >= 0.6 is 0 Å². The second-order valence-electron chi connectivity index (χ2n) is 6.87. The molecule has 0 bridgehead atoms. The second-order valence-corrected chi connectivity index (χ2v) is 6.87. The van der Waals surface area contributed by atoms with Gasteiger partial charge in [-0.15, -0.1) is 0 Å². The third-order valence-corrected chi connectivity index (χ3v) is 5.07. The Bertz CT molecular complexity index is 1040. The molecule has 4 heteroatoms. The first kappa shape index (κ1) is 15.9. The zero-order valence-electron chi connectivity index (χ0n) is 14.8. The Balaban J connectivity index is 1.40. The summed E-state index contributed by atoms with van der Waals surface area (Å²) in [6, 6.07) is 19.8. The Hall–Kier alpha value is -3.27. The van der Waals surface area contributed by atoms with Crippen molar-refractivity contribution in [1.29, 1.82) is 0 Å². The summed E-state index contributed by atoms with van der Waals surface area (Å²) in [7, 11) is 0. The van der Waals surface area contributed by atoms with E-state index in [1.165, 1.54) is 22.3 Å². The summed E-state index contributed by atoms with van der Waals surface area (Å²) in [6.07, 6.45) is 1.79. The number of fused-ring (bicyclic) bond motifs is 4. The molecule has 1 aliphatic heterocycles. The maximum absolute atomic E-state index is 12.7. The Kier molecular flexibility index (Phi) is 3.82. The van der Waals surface area contributed by atoms with Crippen LogP contribution in [-0.2, 0) is 6.42 Å². The van der Waals surface area contributed by atoms with Gasteiger partial charge in [0.2, 0.25) is 0 Å². The van der Waals surface area contributed by atoms with Crippen LogP contribution in [-0.4, -0.2) is 19.1 Å². The van der Waals surface area contributed by atoms with Gasteiger partial charge in [0.15, 0.2) is 11.5 Å². The van der Waals surface area contributed by atoms with E-state index in [-0.39, 0.29) is 5.91 Å². The van der Waals surface area contributed by atoms with Crippen LogP contribution in [0.3, 0.4) is 0 Å². The van der Waals surface area contributed by atoms with Crippen LogP contribution < -0.4 is 14.8 Å². The molecule has 2 aliphatic rings. The Morgan fingerprint density at radius 3 is 2.56 bits per heavy atom. The molecule has 1 N–H and O–H groups in total. The molecule has 0 fully saturated rings. The van der Waals surface area contributed by atoms with E-state index in [1.807, 2.05) is 6.07 Å². The summed E-state index contributed by atoms with van der Waals surface area (Å²) >= 11 is 0. The molecular formula is C23H19NO3. The van der Waals surface area contributed by atoms with Crippen molar-refractivity contribution in [3.63, 3.8) is 0 Å². The first-order valence-electron chi connectivity index (χ1n) is 9.20. The highest BCUT2D eigenvalue weighted by molar-refractivity contribution is 6.05. The normalized spacial score (nSPS) is 14.1. The van der Waals surface area contributed by atoms with Crippen molar-refractivity contribution >= 4 is 11.6 Å². The number of ether oxygens (including phenoxy) is 2. The highest BCUT2D eigenvalue weighted by Crippen LogP contribution is 2.38. The summed E-state index contributed by atoms with van der Waals surface area (Å²) < 4.78 is 11.3. The number of amides is 1. The first-order chi connectivity index (χ1) is 13.3. The predicted octanol–water partition coefficient (Wildman–Crippen LogP) is 4.67. The van der Waals surface area contributed by atoms with Crippen molar-refractivity contribution in [2.45, 2.75) is 12.8 Å². The van der Waals surface area contributed by atoms with E-state index < -0.39 is 0 Å². The predicted molar refractivity (Wildman–Crippen MR) is 105 cm³/mol. The maximum Gasteiger partial charge on any atom is 0.255 e. The van der Waals surface area contributed by atoms with E-state index >= 15 is 0 Å². The van der Waals surface area contributed by atoms with Gasteiger partial charge in [-0.05, 0) is 59.0 Å². The fourth-order valence-corrected chi connectivity index (χ4v) is 3.71. The van der Waals surface area contributed by atoms with Crippen molar-refractivity contribution in [3.05, 3.63) is 77.4 Å². The van der Waals surface area contributed by atoms with Crippen LogP contribution in [0.4, 0.5) is 5.69 Å². The molecule has 4 nitrogen and oxygen atoms in total. The minimum atomic E-state index is -0.156. The van der Waals surface area contributed by atoms with Crippen molar-refractivity contribution in [1.82, 2.24) is 0 Å². The molecule has 3 aromatic rings. The Labute approximate surface area is 157 Å². The van der Waals surface area contributed by atoms with Gasteiger partial charge in [-0.3, -0.25) is 4.79 Å². The van der Waals surface area contributed by atoms with Crippen LogP contribution in [0, 0.1) is 0 Å². The van der Waals surface area contributed by atoms with E-state index in [9.17, 15) is 4.79 Å². The number of hydrogen-bond donors (Lipinski definition) is 1. The van der Waals surface area contributed by atoms with Crippen LogP contribution in [0.15, 0.2) is 60.7 Å². The molecule has 3 aromatic carbocycles. The molecule has 0 radical (unpaired) electrons. The quantitative estimate of drug-likeness (QED) is 0.567. The first-order valence-corrected chi connectivity index (χ1v) is 9.20. The van der Waals surface area contributed by atoms with E-state index in [0.29, 0.717) is 30.3 Å². The van der Waals surface area contributed by atoms with Gasteiger partial charge in [0, 0.05) is 17.7 Å². The van der Waals surface area contributed by atoms with Crippen LogP contribution in [0.25, 0.3) is 11.1 Å². The Morgan fingerprint density at radius 1 is 0.815 bits per heavy atom. The number of hydrogen-bond acceptors (Lipinski definition) is 3. The van der Waals surface area contributed by atoms with Gasteiger partial charge in [0.1, 0.15) is 0 Å². The number of nitrogens with one attached hydrogen (secondary N) is 1. The molecule has 27 heavy (non-hydrogen) atoms. The zero-order chi connectivity index (χ0) is 18.2. The summed E-state index contributed by atoms with van der Waals surface area (Å²) in [5, 5.41) is 3.01. The molecule has 1 aliphatic carbocycles. The van der Waals surface area contributed by atoms with Gasteiger partial charge in [0.25, 0.3) is 5.91 Å². The summed E-state index contributed by atoms with van der Waals surface area (Å²) in [5.41, 5.74) is 6.42. The number of carbonyl (C=O) groups is 1. The monoisotopic (exact) mass is 357 g/mol. The molecule has 0 spiro atoms. The average molecular weight is 357 g/mol. The minimum absolute atomic E-state index is 0.156. The van der Waals surface area contributed by atoms with E-state index in [0.717, 1.165) is 18.5 Å². The fraction of sp³-hybridized carbons (Fsp3) is 0.174. The molecule has 134 valence electrons. The highest BCUT2D eigenvalue weighted by atomic mass is 16.5. The minimum Gasteiger partial charge on any atom is -0.490 e. The van der Waals surface area contributed by atoms with Gasteiger partial charge in [-0.1, -0.05) is 30.3 Å². The lowest BCUT2D eigenvalue weighted by molar-refractivity contribution is 0.102. The fourth-order valence-electron chi connectivity index (χ4n) is 3.71. The zero-order valence-corrected chi connectivity index (χ0v) is 14.8. The third-order valence-electron chi connectivity index (χ3n) is 5.07. The Morgan fingerprint density at radius 2 is 1.63 bits per heavy atom. The standard InChI is InChI=1S/C23H19NO3/c25-23(17-7-9-21-22(13-17)27-11-3-10-26-21)24-18-8-6-16-12-15-4-1-2-5-19(15)20(16)14-18/h1-2,4-9,13-14H,3,10-12H2,(H,24,25). The average Bonchev–Trinajstić information content (AvgIpc) is 2.89. The lowest BCUT2D eigenvalue weighted by atomic mass is 10.1. The molecule has 0 saturated carbocycles. The van der Waals surface area contributed by atoms with Crippen LogP contribution in [0.1, 0.15) is 27.9 Å². The van der Waals surface area contributed by atoms with Gasteiger partial charge < -0.3 is 14.8 Å². The molecule has 0 atom stereocenters. The maximum atomic E-state index is 12.7. The van der Waals surface area contributed by atoms with Gasteiger partial charge in [-0.2, -0.15) is 0 Å². The molecule has 1 heterocycles. The van der Waals surface area contributed by atoms with Crippen molar-refractivity contribution in [2.24, 2.45) is 0 Å². The van der Waals surface area contributed by atoms with Crippen molar-refractivity contribution in [3.8, 4) is 22.6 Å². The largest absolute Gasteiger partial charge is 0.490 e. The van der Waals surface area contributed by atoms with E-state index in [2.05, 4.69) is 41.7 Å². The molecule has 5 rings (SSSR count). The van der Waals surface area contributed by atoms with Gasteiger partial charge in [0.05, 0.1) is 13.2 Å². The highest BCUT2D eigenvalue weighted by Gasteiger charge is 2.19. The van der Waals surface area contributed by atoms with E-state index in [1.54, 1.807) is 18.2 Å². The van der Waals surface area contributed by atoms with Crippen LogP contribution in [0.5, 0.6) is 11.5 Å². The van der Waals surface area contributed by atoms with Crippen molar-refractivity contribution < 1.29 is 14.3 Å². The van der Waals surface area contributed by atoms with Crippen LogP contribution in [0.2, 0.25) is 0 Å². The second kappa shape index (κ2) is 6.47. The number of anilines is 1. The molecule has 0 saturated heterocycles. The topological polar surface area (TPSA) is 47.6 Å². The summed E-state index contributed by atoms with van der Waals surface area (Å²) in [4.78, 5) is 12.7. The SMILES string of the molecule is O=C(Nc1ccc2c(c1)-c1ccccc1C2)c1ccc2c(c1)OCCCO2. The summed E-state index contributed by atoms with van der Waals surface area (Å²) in [6.45, 7) is 1.23. The molecule has 0 unspecified atom stereocenters. The molecular weight excluding hydrogens is 338 g/mol. The van der Waals surface area contributed by atoms with Crippen molar-refractivity contribution in [2.75, 3.05) is 18.5 Å². The smallest absolute Gasteiger partial charge is 0.255 e. The summed E-state index contributed by atoms with van der Waals surface area (Å²) in [5.74, 6) is 1.16. The van der Waals surface area contributed by atoms with Gasteiger partial charge >= 0.3 is 0 Å². The molecule has 1 amide bonds. The lowest BCUT2D eigenvalue weighted by Gasteiger charge is -2.11. The molecule has 0 aromatic heterocycles. The number of carbonyl (C=O) groups excluding carboxylic acids is 1. The number of benzene rings is 3.